The van der Waals surface area contributed by atoms with E-state index in [1.807, 2.05) is 11.8 Å². The Morgan fingerprint density at radius 3 is 3.05 bits per heavy atom. The van der Waals surface area contributed by atoms with Crippen LogP contribution in [-0.2, 0) is 11.2 Å². The Hall–Kier alpha value is -1.36. The maximum Gasteiger partial charge on any atom is 0.276 e. The highest BCUT2D eigenvalue weighted by Crippen LogP contribution is 2.17. The van der Waals surface area contributed by atoms with E-state index in [2.05, 4.69) is 18.8 Å². The Labute approximate surface area is 126 Å². The third-order valence-corrected chi connectivity index (χ3v) is 3.90. The number of hydrogen-bond acceptors (Lipinski definition) is 4. The summed E-state index contributed by atoms with van der Waals surface area (Å²) < 4.78 is 11.0. The van der Waals surface area contributed by atoms with E-state index < -0.39 is 0 Å². The smallest absolute Gasteiger partial charge is 0.276 e. The summed E-state index contributed by atoms with van der Waals surface area (Å²) in [5.74, 6) is 1.36. The lowest BCUT2D eigenvalue weighted by molar-refractivity contribution is -0.0262. The van der Waals surface area contributed by atoms with Crippen LogP contribution in [0.25, 0.3) is 0 Å². The molecule has 5 heteroatoms. The summed E-state index contributed by atoms with van der Waals surface area (Å²) in [4.78, 5) is 18.4. The minimum atomic E-state index is -0.0299. The number of ether oxygens (including phenoxy) is 1. The molecular weight excluding hydrogens is 268 g/mol. The van der Waals surface area contributed by atoms with Crippen molar-refractivity contribution in [2.75, 3.05) is 19.7 Å². The number of carbonyl (C=O) groups is 1. The van der Waals surface area contributed by atoms with Gasteiger partial charge >= 0.3 is 0 Å². The van der Waals surface area contributed by atoms with Gasteiger partial charge in [-0.1, -0.05) is 33.6 Å². The molecule has 0 aromatic carbocycles. The molecule has 0 unspecified atom stereocenters. The van der Waals surface area contributed by atoms with Crippen molar-refractivity contribution >= 4 is 5.91 Å². The molecule has 1 aromatic heterocycles. The SMILES string of the molecule is CCc1ocnc1C(=O)N1CCO[C@H](CCCC(C)C)C1. The van der Waals surface area contributed by atoms with E-state index >= 15 is 0 Å². The third kappa shape index (κ3) is 4.30. The van der Waals surface area contributed by atoms with Crippen molar-refractivity contribution in [2.24, 2.45) is 5.92 Å². The highest BCUT2D eigenvalue weighted by molar-refractivity contribution is 5.93. The molecule has 1 aliphatic heterocycles. The van der Waals surface area contributed by atoms with Crippen LogP contribution < -0.4 is 0 Å². The van der Waals surface area contributed by atoms with E-state index in [0.29, 0.717) is 43.5 Å². The van der Waals surface area contributed by atoms with Gasteiger partial charge in [-0.3, -0.25) is 4.79 Å². The molecule has 0 saturated carbocycles. The topological polar surface area (TPSA) is 55.6 Å². The van der Waals surface area contributed by atoms with Gasteiger partial charge in [0.15, 0.2) is 12.1 Å². The van der Waals surface area contributed by atoms with Crippen molar-refractivity contribution in [3.05, 3.63) is 17.8 Å². The van der Waals surface area contributed by atoms with Crippen molar-refractivity contribution in [3.8, 4) is 0 Å². The fourth-order valence-electron chi connectivity index (χ4n) is 2.68. The number of oxazole rings is 1. The monoisotopic (exact) mass is 294 g/mol. The lowest BCUT2D eigenvalue weighted by atomic mass is 10.0. The molecule has 1 aliphatic rings. The Bertz CT molecular complexity index is 456. The van der Waals surface area contributed by atoms with E-state index in [1.54, 1.807) is 0 Å². The van der Waals surface area contributed by atoms with Crippen molar-refractivity contribution < 1.29 is 13.9 Å². The van der Waals surface area contributed by atoms with Crippen molar-refractivity contribution in [1.82, 2.24) is 9.88 Å². The molecule has 0 spiro atoms. The van der Waals surface area contributed by atoms with Gasteiger partial charge in [0.2, 0.25) is 0 Å². The summed E-state index contributed by atoms with van der Waals surface area (Å²) in [6.45, 7) is 8.33. The van der Waals surface area contributed by atoms with E-state index in [4.69, 9.17) is 9.15 Å². The second-order valence-corrected chi connectivity index (χ2v) is 6.05. The average Bonchev–Trinajstić information content (AvgIpc) is 2.95. The minimum Gasteiger partial charge on any atom is -0.448 e. The zero-order valence-corrected chi connectivity index (χ0v) is 13.3. The Morgan fingerprint density at radius 1 is 1.52 bits per heavy atom. The van der Waals surface area contributed by atoms with Gasteiger partial charge in [0.25, 0.3) is 5.91 Å². The van der Waals surface area contributed by atoms with E-state index in [9.17, 15) is 4.79 Å². The second-order valence-electron chi connectivity index (χ2n) is 6.05. The molecule has 1 atom stereocenters. The fourth-order valence-corrected chi connectivity index (χ4v) is 2.68. The predicted molar refractivity (Wildman–Crippen MR) is 80.2 cm³/mol. The summed E-state index contributed by atoms with van der Waals surface area (Å²) in [6, 6.07) is 0. The molecule has 21 heavy (non-hydrogen) atoms. The number of aryl methyl sites for hydroxylation is 1. The molecule has 0 bridgehead atoms. The Balaban J connectivity index is 1.90. The van der Waals surface area contributed by atoms with Gasteiger partial charge in [0, 0.05) is 19.5 Å². The van der Waals surface area contributed by atoms with Crippen molar-refractivity contribution in [2.45, 2.75) is 52.6 Å². The molecule has 0 aliphatic carbocycles. The number of aromatic nitrogens is 1. The molecule has 5 nitrogen and oxygen atoms in total. The molecule has 0 N–H and O–H groups in total. The summed E-state index contributed by atoms with van der Waals surface area (Å²) >= 11 is 0. The van der Waals surface area contributed by atoms with Gasteiger partial charge in [-0.05, 0) is 12.3 Å². The second kappa shape index (κ2) is 7.59. The van der Waals surface area contributed by atoms with Gasteiger partial charge < -0.3 is 14.1 Å². The number of nitrogens with zero attached hydrogens (tertiary/aromatic N) is 2. The Kier molecular flexibility index (Phi) is 5.79. The zero-order chi connectivity index (χ0) is 15.2. The molecule has 1 fully saturated rings. The third-order valence-electron chi connectivity index (χ3n) is 3.90. The highest BCUT2D eigenvalue weighted by atomic mass is 16.5. The van der Waals surface area contributed by atoms with Crippen LogP contribution in [-0.4, -0.2) is 41.6 Å². The quantitative estimate of drug-likeness (QED) is 0.809. The highest BCUT2D eigenvalue weighted by Gasteiger charge is 2.27. The number of morpholine rings is 1. The number of amides is 1. The first-order valence-corrected chi connectivity index (χ1v) is 7.95. The van der Waals surface area contributed by atoms with Crippen LogP contribution in [0.1, 0.15) is 56.3 Å². The van der Waals surface area contributed by atoms with Gasteiger partial charge in [-0.2, -0.15) is 0 Å². The zero-order valence-electron chi connectivity index (χ0n) is 13.3. The van der Waals surface area contributed by atoms with Crippen molar-refractivity contribution in [1.29, 1.82) is 0 Å². The van der Waals surface area contributed by atoms with Crippen LogP contribution in [0.2, 0.25) is 0 Å². The number of carbonyl (C=O) groups excluding carboxylic acids is 1. The minimum absolute atomic E-state index is 0.0299. The molecule has 0 radical (unpaired) electrons. The van der Waals surface area contributed by atoms with E-state index in [1.165, 1.54) is 12.8 Å². The van der Waals surface area contributed by atoms with Crippen LogP contribution in [0.5, 0.6) is 0 Å². The molecule has 1 saturated heterocycles. The molecule has 118 valence electrons. The maximum atomic E-state index is 12.5. The summed E-state index contributed by atoms with van der Waals surface area (Å²) in [6.07, 6.45) is 5.56. The molecule has 1 aromatic rings. The number of hydrogen-bond donors (Lipinski definition) is 0. The van der Waals surface area contributed by atoms with Crippen LogP contribution in [0.4, 0.5) is 0 Å². The standard InChI is InChI=1S/C16H26N2O3/c1-4-14-15(17-11-21-14)16(19)18-8-9-20-13(10-18)7-5-6-12(2)3/h11-13H,4-10H2,1-3H3/t13-/m1/s1. The fraction of sp³-hybridized carbons (Fsp3) is 0.750. The van der Waals surface area contributed by atoms with Crippen LogP contribution in [0.15, 0.2) is 10.8 Å². The van der Waals surface area contributed by atoms with Gasteiger partial charge in [-0.15, -0.1) is 0 Å². The molecule has 1 amide bonds. The summed E-state index contributed by atoms with van der Waals surface area (Å²) in [5, 5.41) is 0. The van der Waals surface area contributed by atoms with E-state index in [-0.39, 0.29) is 12.0 Å². The first kappa shape index (κ1) is 16.0. The average molecular weight is 294 g/mol. The molecule has 2 heterocycles. The maximum absolute atomic E-state index is 12.5. The first-order chi connectivity index (χ1) is 10.1. The van der Waals surface area contributed by atoms with E-state index in [0.717, 1.165) is 12.8 Å². The van der Waals surface area contributed by atoms with Crippen molar-refractivity contribution in [3.63, 3.8) is 0 Å². The van der Waals surface area contributed by atoms with Crippen LogP contribution in [0.3, 0.4) is 0 Å². The molecular formula is C16H26N2O3. The summed E-state index contributed by atoms with van der Waals surface area (Å²) in [5.41, 5.74) is 0.459. The van der Waals surface area contributed by atoms with Crippen LogP contribution >= 0.6 is 0 Å². The van der Waals surface area contributed by atoms with Gasteiger partial charge in [0.05, 0.1) is 12.7 Å². The molecule has 2 rings (SSSR count). The van der Waals surface area contributed by atoms with Crippen LogP contribution in [0, 0.1) is 5.92 Å². The number of rotatable bonds is 6. The normalized spacial score (nSPS) is 19.2. The first-order valence-electron chi connectivity index (χ1n) is 7.95. The lowest BCUT2D eigenvalue weighted by Gasteiger charge is -2.32. The predicted octanol–water partition coefficient (Wildman–Crippen LogP) is 2.90. The van der Waals surface area contributed by atoms with Gasteiger partial charge in [-0.25, -0.2) is 4.98 Å². The Morgan fingerprint density at radius 2 is 2.33 bits per heavy atom. The largest absolute Gasteiger partial charge is 0.448 e. The van der Waals surface area contributed by atoms with Gasteiger partial charge in [0.1, 0.15) is 5.76 Å². The summed E-state index contributed by atoms with van der Waals surface area (Å²) in [7, 11) is 0. The lowest BCUT2D eigenvalue weighted by Crippen LogP contribution is -2.45.